The van der Waals surface area contributed by atoms with Gasteiger partial charge >= 0.3 is 0 Å². The minimum atomic E-state index is -2.74. The van der Waals surface area contributed by atoms with Crippen LogP contribution in [0.3, 0.4) is 0 Å². The minimum Gasteiger partial charge on any atom is -0.482 e. The van der Waals surface area contributed by atoms with Gasteiger partial charge < -0.3 is 10.5 Å². The van der Waals surface area contributed by atoms with Crippen LogP contribution in [-0.2, 0) is 13.5 Å². The fraction of sp³-hybridized carbons (Fsp3) is 0.250. The molecular weight excluding hydrogens is 440 g/mol. The Bertz CT molecular complexity index is 1460. The van der Waals surface area contributed by atoms with Gasteiger partial charge in [-0.1, -0.05) is 17.7 Å². The zero-order valence-corrected chi connectivity index (χ0v) is 18.8. The molecule has 0 radical (unpaired) electrons. The van der Waals surface area contributed by atoms with E-state index in [0.29, 0.717) is 34.0 Å². The average Bonchev–Trinajstić information content (AvgIpc) is 3.36. The predicted molar refractivity (Wildman–Crippen MR) is 121 cm³/mol. The van der Waals surface area contributed by atoms with E-state index in [2.05, 4.69) is 21.3 Å². The smallest absolute Gasteiger partial charge is 0.282 e. The Morgan fingerprint density at radius 2 is 2.03 bits per heavy atom. The Kier molecular flexibility index (Phi) is 5.05. The third-order valence-corrected chi connectivity index (χ3v) is 5.97. The molecule has 3 aromatic heterocycles. The lowest BCUT2D eigenvalue weighted by molar-refractivity contribution is 0.145. The molecule has 0 aliphatic carbocycles. The van der Waals surface area contributed by atoms with Crippen molar-refractivity contribution in [3.05, 3.63) is 70.4 Å². The average molecular weight is 461 g/mol. The topological polar surface area (TPSA) is 108 Å². The van der Waals surface area contributed by atoms with Gasteiger partial charge in [0, 0.05) is 36.4 Å². The van der Waals surface area contributed by atoms with Gasteiger partial charge in [0.15, 0.2) is 17.3 Å². The van der Waals surface area contributed by atoms with E-state index in [1.807, 2.05) is 32.0 Å². The molecule has 10 heteroatoms. The van der Waals surface area contributed by atoms with Crippen LogP contribution in [0.15, 0.2) is 36.5 Å². The van der Waals surface area contributed by atoms with Crippen LogP contribution in [0.25, 0.3) is 16.8 Å². The summed E-state index contributed by atoms with van der Waals surface area (Å²) in [5.41, 5.74) is 10.7. The first-order valence-electron chi connectivity index (χ1n) is 10.6. The molecule has 1 aliphatic rings. The van der Waals surface area contributed by atoms with E-state index in [0.717, 1.165) is 11.1 Å². The first-order chi connectivity index (χ1) is 16.3. The zero-order valence-electron chi connectivity index (χ0n) is 18.8. The molecule has 0 amide bonds. The Morgan fingerprint density at radius 1 is 1.24 bits per heavy atom. The Labute approximate surface area is 194 Å². The summed E-state index contributed by atoms with van der Waals surface area (Å²) in [5, 5.41) is 18.3. The second-order valence-corrected chi connectivity index (χ2v) is 8.29. The van der Waals surface area contributed by atoms with Crippen molar-refractivity contribution in [2.24, 2.45) is 7.05 Å². The first kappa shape index (κ1) is 21.6. The summed E-state index contributed by atoms with van der Waals surface area (Å²) in [6.07, 6.45) is -1.47. The monoisotopic (exact) mass is 461 g/mol. The van der Waals surface area contributed by atoms with Crippen molar-refractivity contribution in [1.82, 2.24) is 24.5 Å². The lowest BCUT2D eigenvalue weighted by atomic mass is 10.0. The molecule has 2 bridgehead atoms. The van der Waals surface area contributed by atoms with E-state index < -0.39 is 12.5 Å². The largest absolute Gasteiger partial charge is 0.482 e. The zero-order chi connectivity index (χ0) is 24.1. The fourth-order valence-electron chi connectivity index (χ4n) is 4.33. The summed E-state index contributed by atoms with van der Waals surface area (Å²) in [4.78, 5) is 4.28. The molecule has 0 saturated heterocycles. The first-order valence-corrected chi connectivity index (χ1v) is 10.6. The highest BCUT2D eigenvalue weighted by Gasteiger charge is 2.26. The molecule has 0 fully saturated rings. The van der Waals surface area contributed by atoms with E-state index in [9.17, 15) is 14.0 Å². The van der Waals surface area contributed by atoms with E-state index >= 15 is 0 Å². The van der Waals surface area contributed by atoms with Gasteiger partial charge in [0.05, 0.1) is 17.1 Å². The fourth-order valence-corrected chi connectivity index (χ4v) is 4.33. The number of halogens is 2. The van der Waals surface area contributed by atoms with Gasteiger partial charge in [-0.15, -0.1) is 0 Å². The number of aryl methyl sites for hydroxylation is 2. The maximum absolute atomic E-state index is 13.7. The quantitative estimate of drug-likeness (QED) is 0.450. The van der Waals surface area contributed by atoms with Gasteiger partial charge in [0.25, 0.3) is 6.43 Å². The number of pyridine rings is 1. The molecule has 4 heterocycles. The SMILES string of the molecule is Cc1ccc2c(c1)C(C)Oc1cc(cnc1N)-c1c(C#N)nn(C)c1Cc1cc(C(F)F)nn1-2. The van der Waals surface area contributed by atoms with Crippen LogP contribution < -0.4 is 10.5 Å². The molecule has 1 unspecified atom stereocenters. The third-order valence-electron chi connectivity index (χ3n) is 5.97. The molecule has 0 spiro atoms. The van der Waals surface area contributed by atoms with E-state index in [1.54, 1.807) is 24.0 Å². The van der Waals surface area contributed by atoms with Crippen LogP contribution in [-0.4, -0.2) is 24.5 Å². The van der Waals surface area contributed by atoms with Crippen molar-refractivity contribution in [2.45, 2.75) is 32.8 Å². The summed E-state index contributed by atoms with van der Waals surface area (Å²) in [7, 11) is 1.71. The molecule has 5 rings (SSSR count). The van der Waals surface area contributed by atoms with Crippen molar-refractivity contribution in [3.8, 4) is 28.6 Å². The summed E-state index contributed by atoms with van der Waals surface area (Å²) in [5.74, 6) is 0.552. The van der Waals surface area contributed by atoms with Gasteiger partial charge in [-0.05, 0) is 32.0 Å². The van der Waals surface area contributed by atoms with Crippen molar-refractivity contribution < 1.29 is 13.5 Å². The minimum absolute atomic E-state index is 0.191. The number of ether oxygens (including phenoxy) is 1. The lowest BCUT2D eigenvalue weighted by Crippen LogP contribution is -2.14. The molecule has 8 nitrogen and oxygen atoms in total. The van der Waals surface area contributed by atoms with Crippen LogP contribution in [0, 0.1) is 18.3 Å². The molecule has 1 aliphatic heterocycles. The third kappa shape index (κ3) is 3.46. The number of anilines is 1. The van der Waals surface area contributed by atoms with Crippen molar-refractivity contribution >= 4 is 5.82 Å². The molecule has 172 valence electrons. The standard InChI is InChI=1S/C24H21F2N7O/c1-12-4-5-19-16(6-12)13(2)34-21-7-14(11-29-24(21)28)22-18(10-27)30-32(3)20(22)9-15-8-17(23(25)26)31-33(15)19/h4-8,11,13,23H,9H2,1-3H3,(H2,28,29). The number of hydrogen-bond donors (Lipinski definition) is 1. The number of aromatic nitrogens is 5. The second-order valence-electron chi connectivity index (χ2n) is 8.29. The Balaban J connectivity index is 1.85. The summed E-state index contributed by atoms with van der Waals surface area (Å²) >= 11 is 0. The normalized spacial score (nSPS) is 14.8. The number of rotatable bonds is 1. The molecular formula is C24H21F2N7O. The highest BCUT2D eigenvalue weighted by Crippen LogP contribution is 2.37. The van der Waals surface area contributed by atoms with E-state index in [-0.39, 0.29) is 23.6 Å². The summed E-state index contributed by atoms with van der Waals surface area (Å²) in [6.45, 7) is 3.79. The van der Waals surface area contributed by atoms with Gasteiger partial charge in [-0.2, -0.15) is 15.5 Å². The van der Waals surface area contributed by atoms with Crippen LogP contribution in [0.2, 0.25) is 0 Å². The number of fused-ring (bicyclic) bond motifs is 7. The molecule has 0 saturated carbocycles. The highest BCUT2D eigenvalue weighted by atomic mass is 19.3. The number of benzene rings is 1. The van der Waals surface area contributed by atoms with Crippen molar-refractivity contribution in [2.75, 3.05) is 5.73 Å². The van der Waals surface area contributed by atoms with Crippen molar-refractivity contribution in [1.29, 1.82) is 5.26 Å². The molecule has 1 aromatic carbocycles. The summed E-state index contributed by atoms with van der Waals surface area (Å²) in [6, 6.07) is 10.9. The lowest BCUT2D eigenvalue weighted by Gasteiger charge is -2.22. The molecule has 34 heavy (non-hydrogen) atoms. The predicted octanol–water partition coefficient (Wildman–Crippen LogP) is 4.41. The number of alkyl halides is 2. The van der Waals surface area contributed by atoms with E-state index in [4.69, 9.17) is 10.5 Å². The molecule has 4 aromatic rings. The number of hydrogen-bond acceptors (Lipinski definition) is 6. The van der Waals surface area contributed by atoms with Crippen LogP contribution in [0.4, 0.5) is 14.6 Å². The second kappa shape index (κ2) is 7.95. The van der Waals surface area contributed by atoms with Crippen LogP contribution in [0.5, 0.6) is 5.75 Å². The van der Waals surface area contributed by atoms with Gasteiger partial charge in [0.2, 0.25) is 0 Å². The molecule has 2 N–H and O–H groups in total. The van der Waals surface area contributed by atoms with Crippen LogP contribution >= 0.6 is 0 Å². The van der Waals surface area contributed by atoms with Gasteiger partial charge in [-0.25, -0.2) is 18.4 Å². The summed E-state index contributed by atoms with van der Waals surface area (Å²) < 4.78 is 36.7. The number of nitriles is 1. The molecule has 1 atom stereocenters. The Morgan fingerprint density at radius 3 is 2.76 bits per heavy atom. The maximum atomic E-state index is 13.7. The van der Waals surface area contributed by atoms with E-state index in [1.165, 1.54) is 10.7 Å². The number of nitrogens with zero attached hydrogens (tertiary/aromatic N) is 6. The van der Waals surface area contributed by atoms with Gasteiger partial charge in [-0.3, -0.25) is 4.68 Å². The highest BCUT2D eigenvalue weighted by molar-refractivity contribution is 5.74. The number of nitrogen functional groups attached to an aromatic ring is 1. The van der Waals surface area contributed by atoms with Crippen LogP contribution in [0.1, 0.15) is 53.4 Å². The Hall–Kier alpha value is -4.26. The van der Waals surface area contributed by atoms with Crippen molar-refractivity contribution in [3.63, 3.8) is 0 Å². The van der Waals surface area contributed by atoms with Gasteiger partial charge in [0.1, 0.15) is 17.9 Å². The number of nitrogens with two attached hydrogens (primary N) is 1. The maximum Gasteiger partial charge on any atom is 0.282 e.